The standard InChI is InChI=1S/C15H17N3O/c1-3-18-9-13(8-16-18)11-6-12(10-19)14-4-5-17(2)15(14)7-11/h4-9,19H,3,10H2,1-2H3. The van der Waals surface area contributed by atoms with Crippen molar-refractivity contribution >= 4 is 10.9 Å². The second-order valence-corrected chi connectivity index (χ2v) is 4.74. The molecule has 4 heteroatoms. The van der Waals surface area contributed by atoms with E-state index in [0.717, 1.165) is 34.1 Å². The Morgan fingerprint density at radius 1 is 1.26 bits per heavy atom. The summed E-state index contributed by atoms with van der Waals surface area (Å²) in [7, 11) is 2.02. The predicted octanol–water partition coefficient (Wildman–Crippen LogP) is 2.55. The Morgan fingerprint density at radius 3 is 2.79 bits per heavy atom. The van der Waals surface area contributed by atoms with Crippen molar-refractivity contribution in [3.63, 3.8) is 0 Å². The van der Waals surface area contributed by atoms with Gasteiger partial charge in [0.2, 0.25) is 0 Å². The molecule has 4 nitrogen and oxygen atoms in total. The minimum absolute atomic E-state index is 0.0519. The zero-order valence-corrected chi connectivity index (χ0v) is 11.2. The van der Waals surface area contributed by atoms with E-state index < -0.39 is 0 Å². The van der Waals surface area contributed by atoms with Gasteiger partial charge in [-0.05, 0) is 36.2 Å². The Kier molecular flexibility index (Phi) is 2.87. The van der Waals surface area contributed by atoms with Crippen LogP contribution < -0.4 is 0 Å². The molecule has 0 amide bonds. The van der Waals surface area contributed by atoms with E-state index in [0.29, 0.717) is 0 Å². The summed E-state index contributed by atoms with van der Waals surface area (Å²) in [5.41, 5.74) is 4.26. The van der Waals surface area contributed by atoms with E-state index in [1.807, 2.05) is 42.5 Å². The van der Waals surface area contributed by atoms with Crippen molar-refractivity contribution in [2.45, 2.75) is 20.1 Å². The summed E-state index contributed by atoms with van der Waals surface area (Å²) >= 11 is 0. The van der Waals surface area contributed by atoms with Crippen LogP contribution in [0, 0.1) is 0 Å². The average Bonchev–Trinajstić information content (AvgIpc) is 3.05. The highest BCUT2D eigenvalue weighted by molar-refractivity contribution is 5.88. The summed E-state index contributed by atoms with van der Waals surface area (Å²) in [6, 6.07) is 6.23. The molecule has 1 aromatic carbocycles. The van der Waals surface area contributed by atoms with Gasteiger partial charge in [-0.1, -0.05) is 0 Å². The molecule has 1 N–H and O–H groups in total. The van der Waals surface area contributed by atoms with Crippen molar-refractivity contribution < 1.29 is 5.11 Å². The van der Waals surface area contributed by atoms with Gasteiger partial charge in [0.1, 0.15) is 0 Å². The molecule has 2 heterocycles. The van der Waals surface area contributed by atoms with E-state index in [1.165, 1.54) is 0 Å². The van der Waals surface area contributed by atoms with Crippen LogP contribution in [0.25, 0.3) is 22.0 Å². The first-order chi connectivity index (χ1) is 9.22. The Balaban J connectivity index is 2.20. The van der Waals surface area contributed by atoms with Gasteiger partial charge in [-0.3, -0.25) is 4.68 Å². The van der Waals surface area contributed by atoms with Crippen LogP contribution in [0.1, 0.15) is 12.5 Å². The van der Waals surface area contributed by atoms with Crippen LogP contribution in [-0.4, -0.2) is 19.5 Å². The second kappa shape index (κ2) is 4.55. The fourth-order valence-electron chi connectivity index (χ4n) is 2.43. The van der Waals surface area contributed by atoms with E-state index in [1.54, 1.807) is 0 Å². The van der Waals surface area contributed by atoms with Gasteiger partial charge in [-0.25, -0.2) is 0 Å². The number of rotatable bonds is 3. The van der Waals surface area contributed by atoms with Crippen LogP contribution in [0.3, 0.4) is 0 Å². The number of aliphatic hydroxyl groups excluding tert-OH is 1. The number of fused-ring (bicyclic) bond motifs is 1. The Hall–Kier alpha value is -2.07. The fourth-order valence-corrected chi connectivity index (χ4v) is 2.43. The van der Waals surface area contributed by atoms with Crippen molar-refractivity contribution in [2.24, 2.45) is 7.05 Å². The molecule has 0 aliphatic heterocycles. The Labute approximate surface area is 111 Å². The number of aromatic nitrogens is 3. The quantitative estimate of drug-likeness (QED) is 0.781. The zero-order chi connectivity index (χ0) is 13.4. The number of aliphatic hydroxyl groups is 1. The molecule has 0 radical (unpaired) electrons. The van der Waals surface area contributed by atoms with E-state index in [2.05, 4.69) is 22.7 Å². The third-order valence-electron chi connectivity index (χ3n) is 3.55. The molecular weight excluding hydrogens is 238 g/mol. The molecule has 0 aliphatic rings. The number of nitrogens with zero attached hydrogens (tertiary/aromatic N) is 3. The molecule has 98 valence electrons. The lowest BCUT2D eigenvalue weighted by Crippen LogP contribution is -1.92. The molecule has 0 saturated heterocycles. The number of aryl methyl sites for hydroxylation is 2. The zero-order valence-electron chi connectivity index (χ0n) is 11.2. The van der Waals surface area contributed by atoms with Crippen molar-refractivity contribution in [3.05, 3.63) is 42.4 Å². The molecule has 19 heavy (non-hydrogen) atoms. The SMILES string of the molecule is CCn1cc(-c2cc(CO)c3ccn(C)c3c2)cn1. The van der Waals surface area contributed by atoms with Crippen molar-refractivity contribution in [1.29, 1.82) is 0 Å². The molecule has 0 atom stereocenters. The highest BCUT2D eigenvalue weighted by Crippen LogP contribution is 2.28. The first kappa shape index (κ1) is 12.0. The summed E-state index contributed by atoms with van der Waals surface area (Å²) in [5, 5.41) is 14.9. The van der Waals surface area contributed by atoms with E-state index in [4.69, 9.17) is 0 Å². The topological polar surface area (TPSA) is 43.0 Å². The van der Waals surface area contributed by atoms with Crippen LogP contribution in [0.4, 0.5) is 0 Å². The molecule has 3 rings (SSSR count). The van der Waals surface area contributed by atoms with Gasteiger partial charge in [0, 0.05) is 42.5 Å². The molecule has 0 spiro atoms. The van der Waals surface area contributed by atoms with Crippen molar-refractivity contribution in [3.8, 4) is 11.1 Å². The number of benzene rings is 1. The predicted molar refractivity (Wildman–Crippen MR) is 75.7 cm³/mol. The summed E-state index contributed by atoms with van der Waals surface area (Å²) in [6.07, 6.45) is 5.92. The summed E-state index contributed by atoms with van der Waals surface area (Å²) in [4.78, 5) is 0. The third-order valence-corrected chi connectivity index (χ3v) is 3.55. The maximum Gasteiger partial charge on any atom is 0.0688 e. The summed E-state index contributed by atoms with van der Waals surface area (Å²) in [5.74, 6) is 0. The maximum atomic E-state index is 9.54. The number of hydrogen-bond donors (Lipinski definition) is 1. The monoisotopic (exact) mass is 255 g/mol. The second-order valence-electron chi connectivity index (χ2n) is 4.74. The average molecular weight is 255 g/mol. The molecular formula is C15H17N3O. The highest BCUT2D eigenvalue weighted by Gasteiger charge is 2.09. The van der Waals surface area contributed by atoms with Crippen LogP contribution in [-0.2, 0) is 20.2 Å². The maximum absolute atomic E-state index is 9.54. The van der Waals surface area contributed by atoms with Crippen molar-refractivity contribution in [1.82, 2.24) is 14.3 Å². The fraction of sp³-hybridized carbons (Fsp3) is 0.267. The Morgan fingerprint density at radius 2 is 2.11 bits per heavy atom. The van der Waals surface area contributed by atoms with Crippen LogP contribution in [0.15, 0.2) is 36.8 Å². The van der Waals surface area contributed by atoms with Crippen LogP contribution in [0.5, 0.6) is 0 Å². The lowest BCUT2D eigenvalue weighted by atomic mass is 10.0. The van der Waals surface area contributed by atoms with Crippen LogP contribution in [0.2, 0.25) is 0 Å². The highest BCUT2D eigenvalue weighted by atomic mass is 16.3. The lowest BCUT2D eigenvalue weighted by molar-refractivity contribution is 0.283. The normalized spacial score (nSPS) is 11.3. The molecule has 0 aliphatic carbocycles. The van der Waals surface area contributed by atoms with Gasteiger partial charge in [0.25, 0.3) is 0 Å². The van der Waals surface area contributed by atoms with Gasteiger partial charge in [0.05, 0.1) is 12.8 Å². The van der Waals surface area contributed by atoms with Gasteiger partial charge >= 0.3 is 0 Å². The smallest absolute Gasteiger partial charge is 0.0688 e. The van der Waals surface area contributed by atoms with E-state index in [-0.39, 0.29) is 6.61 Å². The lowest BCUT2D eigenvalue weighted by Gasteiger charge is -2.06. The first-order valence-electron chi connectivity index (χ1n) is 6.44. The summed E-state index contributed by atoms with van der Waals surface area (Å²) in [6.45, 7) is 2.98. The largest absolute Gasteiger partial charge is 0.392 e. The Bertz CT molecular complexity index is 724. The molecule has 0 bridgehead atoms. The molecule has 0 saturated carbocycles. The summed E-state index contributed by atoms with van der Waals surface area (Å²) < 4.78 is 3.98. The minimum atomic E-state index is 0.0519. The number of hydrogen-bond acceptors (Lipinski definition) is 2. The molecule has 2 aromatic heterocycles. The van der Waals surface area contributed by atoms with Crippen molar-refractivity contribution in [2.75, 3.05) is 0 Å². The molecule has 3 aromatic rings. The van der Waals surface area contributed by atoms with E-state index >= 15 is 0 Å². The van der Waals surface area contributed by atoms with Gasteiger partial charge in [-0.15, -0.1) is 0 Å². The first-order valence-corrected chi connectivity index (χ1v) is 6.44. The van der Waals surface area contributed by atoms with Gasteiger partial charge < -0.3 is 9.67 Å². The third kappa shape index (κ3) is 1.94. The minimum Gasteiger partial charge on any atom is -0.392 e. The van der Waals surface area contributed by atoms with Crippen LogP contribution >= 0.6 is 0 Å². The molecule has 0 fully saturated rings. The van der Waals surface area contributed by atoms with Gasteiger partial charge in [0.15, 0.2) is 0 Å². The van der Waals surface area contributed by atoms with E-state index in [9.17, 15) is 5.11 Å². The van der Waals surface area contributed by atoms with Gasteiger partial charge in [-0.2, -0.15) is 5.10 Å². The molecule has 0 unspecified atom stereocenters.